The summed E-state index contributed by atoms with van der Waals surface area (Å²) < 4.78 is 32.4. The summed E-state index contributed by atoms with van der Waals surface area (Å²) in [6, 6.07) is 11.7. The third-order valence-electron chi connectivity index (χ3n) is 3.87. The highest BCUT2D eigenvalue weighted by molar-refractivity contribution is 14.0. The molecule has 4 nitrogen and oxygen atoms in total. The maximum atomic E-state index is 13.6. The van der Waals surface area contributed by atoms with Crippen LogP contribution in [0.4, 0.5) is 8.78 Å². The highest BCUT2D eigenvalue weighted by atomic mass is 127. The smallest absolute Gasteiger partial charge is 0.193 e. The van der Waals surface area contributed by atoms with Crippen molar-refractivity contribution in [3.8, 4) is 5.75 Å². The van der Waals surface area contributed by atoms with Crippen molar-refractivity contribution >= 4 is 29.9 Å². The minimum Gasteiger partial charge on any atom is -0.497 e. The Bertz CT molecular complexity index is 703. The van der Waals surface area contributed by atoms with E-state index in [1.54, 1.807) is 14.2 Å². The van der Waals surface area contributed by atoms with Crippen LogP contribution in [0.25, 0.3) is 0 Å². The average molecular weight is 475 g/mol. The molecule has 0 aliphatic carbocycles. The first kappa shape index (κ1) is 22.1. The standard InChI is InChI=1S/C19H23F2N3O.HI/c1-22-19(23-12-11-16-17(20)5-4-6-18(16)21)24(2)13-14-7-9-15(25-3)10-8-14;/h4-10H,11-13H2,1-3H3,(H,22,23);1H. The topological polar surface area (TPSA) is 36.9 Å². The summed E-state index contributed by atoms with van der Waals surface area (Å²) in [6.45, 7) is 1.04. The van der Waals surface area contributed by atoms with Gasteiger partial charge in [-0.15, -0.1) is 24.0 Å². The SMILES string of the molecule is CN=C(NCCc1c(F)cccc1F)N(C)Cc1ccc(OC)cc1.I. The molecule has 2 aromatic rings. The lowest BCUT2D eigenvalue weighted by Crippen LogP contribution is -2.39. The normalized spacial score (nSPS) is 10.9. The van der Waals surface area contributed by atoms with Crippen LogP contribution in [0, 0.1) is 11.6 Å². The highest BCUT2D eigenvalue weighted by Crippen LogP contribution is 2.13. The number of hydrogen-bond donors (Lipinski definition) is 1. The van der Waals surface area contributed by atoms with Crippen molar-refractivity contribution in [3.05, 3.63) is 65.2 Å². The molecule has 2 aromatic carbocycles. The first-order valence-electron chi connectivity index (χ1n) is 8.02. The maximum absolute atomic E-state index is 13.6. The van der Waals surface area contributed by atoms with E-state index < -0.39 is 11.6 Å². The predicted molar refractivity (Wildman–Crippen MR) is 111 cm³/mol. The third kappa shape index (κ3) is 6.12. The zero-order valence-electron chi connectivity index (χ0n) is 15.1. The maximum Gasteiger partial charge on any atom is 0.193 e. The summed E-state index contributed by atoms with van der Waals surface area (Å²) in [6.07, 6.45) is 0.244. The molecule has 0 aliphatic heterocycles. The largest absolute Gasteiger partial charge is 0.497 e. The molecule has 0 aromatic heterocycles. The second-order valence-corrected chi connectivity index (χ2v) is 5.63. The van der Waals surface area contributed by atoms with Crippen LogP contribution >= 0.6 is 24.0 Å². The van der Waals surface area contributed by atoms with E-state index in [0.29, 0.717) is 19.0 Å². The number of halogens is 3. The molecule has 0 saturated heterocycles. The monoisotopic (exact) mass is 475 g/mol. The molecule has 7 heteroatoms. The van der Waals surface area contributed by atoms with E-state index in [4.69, 9.17) is 4.74 Å². The molecule has 0 amide bonds. The molecule has 0 fully saturated rings. The minimum absolute atomic E-state index is 0. The molecular formula is C19H24F2IN3O. The molecule has 26 heavy (non-hydrogen) atoms. The van der Waals surface area contributed by atoms with Gasteiger partial charge in [-0.25, -0.2) is 8.78 Å². The summed E-state index contributed by atoms with van der Waals surface area (Å²) in [5.41, 5.74) is 1.19. The van der Waals surface area contributed by atoms with Crippen molar-refractivity contribution in [2.75, 3.05) is 27.7 Å². The first-order valence-corrected chi connectivity index (χ1v) is 8.02. The highest BCUT2D eigenvalue weighted by Gasteiger charge is 2.10. The van der Waals surface area contributed by atoms with Gasteiger partial charge in [0.1, 0.15) is 17.4 Å². The number of guanidine groups is 1. The van der Waals surface area contributed by atoms with Crippen LogP contribution in [0.1, 0.15) is 11.1 Å². The molecule has 0 heterocycles. The number of nitrogens with one attached hydrogen (secondary N) is 1. The molecule has 2 rings (SSSR count). The molecule has 0 unspecified atom stereocenters. The van der Waals surface area contributed by atoms with E-state index in [2.05, 4.69) is 10.3 Å². The molecule has 0 radical (unpaired) electrons. The third-order valence-corrected chi connectivity index (χ3v) is 3.87. The Morgan fingerprint density at radius 2 is 1.73 bits per heavy atom. The number of benzene rings is 2. The Morgan fingerprint density at radius 3 is 2.27 bits per heavy atom. The van der Waals surface area contributed by atoms with Gasteiger partial charge >= 0.3 is 0 Å². The van der Waals surface area contributed by atoms with E-state index in [-0.39, 0.29) is 36.0 Å². The Hall–Kier alpha value is -1.90. The van der Waals surface area contributed by atoms with E-state index in [1.807, 2.05) is 36.2 Å². The van der Waals surface area contributed by atoms with Gasteiger partial charge in [-0.05, 0) is 36.2 Å². The van der Waals surface area contributed by atoms with E-state index >= 15 is 0 Å². The molecular weight excluding hydrogens is 451 g/mol. The number of nitrogens with zero attached hydrogens (tertiary/aromatic N) is 2. The van der Waals surface area contributed by atoms with Crippen LogP contribution in [-0.2, 0) is 13.0 Å². The summed E-state index contributed by atoms with van der Waals surface area (Å²) in [7, 11) is 5.21. The number of hydrogen-bond acceptors (Lipinski definition) is 2. The molecule has 0 aliphatic rings. The Morgan fingerprint density at radius 1 is 1.12 bits per heavy atom. The summed E-state index contributed by atoms with van der Waals surface area (Å²) in [5, 5.41) is 3.13. The Balaban J connectivity index is 0.00000338. The number of rotatable bonds is 6. The lowest BCUT2D eigenvalue weighted by Gasteiger charge is -2.22. The van der Waals surface area contributed by atoms with Crippen molar-refractivity contribution in [1.82, 2.24) is 10.2 Å². The van der Waals surface area contributed by atoms with E-state index in [0.717, 1.165) is 11.3 Å². The zero-order valence-corrected chi connectivity index (χ0v) is 17.5. The number of ether oxygens (including phenoxy) is 1. The van der Waals surface area contributed by atoms with Crippen LogP contribution in [-0.4, -0.2) is 38.6 Å². The fourth-order valence-corrected chi connectivity index (χ4v) is 2.53. The fourth-order valence-electron chi connectivity index (χ4n) is 2.53. The van der Waals surface area contributed by atoms with Crippen molar-refractivity contribution in [2.24, 2.45) is 4.99 Å². The summed E-state index contributed by atoms with van der Waals surface area (Å²) in [5.74, 6) is 0.417. The van der Waals surface area contributed by atoms with Crippen molar-refractivity contribution in [1.29, 1.82) is 0 Å². The van der Waals surface area contributed by atoms with Crippen LogP contribution in [0.5, 0.6) is 5.75 Å². The second-order valence-electron chi connectivity index (χ2n) is 5.63. The van der Waals surface area contributed by atoms with Crippen molar-refractivity contribution < 1.29 is 13.5 Å². The Labute approximate surface area is 170 Å². The fraction of sp³-hybridized carbons (Fsp3) is 0.316. The van der Waals surface area contributed by atoms with Gasteiger partial charge in [-0.1, -0.05) is 18.2 Å². The molecule has 0 spiro atoms. The minimum atomic E-state index is -0.525. The van der Waals surface area contributed by atoms with Gasteiger partial charge in [0.05, 0.1) is 7.11 Å². The molecule has 142 valence electrons. The van der Waals surface area contributed by atoms with Crippen LogP contribution in [0.2, 0.25) is 0 Å². The average Bonchev–Trinajstić information content (AvgIpc) is 2.61. The Kier molecular flexibility index (Phi) is 9.32. The first-order chi connectivity index (χ1) is 12.0. The van der Waals surface area contributed by atoms with Gasteiger partial charge in [0, 0.05) is 32.7 Å². The van der Waals surface area contributed by atoms with Crippen molar-refractivity contribution in [2.45, 2.75) is 13.0 Å². The second kappa shape index (κ2) is 10.9. The van der Waals surface area contributed by atoms with Gasteiger partial charge in [-0.2, -0.15) is 0 Å². The molecule has 1 N–H and O–H groups in total. The lowest BCUT2D eigenvalue weighted by atomic mass is 10.1. The quantitative estimate of drug-likeness (QED) is 0.392. The zero-order chi connectivity index (χ0) is 18.2. The van der Waals surface area contributed by atoms with Gasteiger partial charge in [0.2, 0.25) is 0 Å². The summed E-state index contributed by atoms with van der Waals surface area (Å²) >= 11 is 0. The molecule has 0 atom stereocenters. The van der Waals surface area contributed by atoms with E-state index in [9.17, 15) is 8.78 Å². The lowest BCUT2D eigenvalue weighted by molar-refractivity contribution is 0.414. The van der Waals surface area contributed by atoms with Gasteiger partial charge < -0.3 is 15.0 Å². The number of methoxy groups -OCH3 is 1. The van der Waals surface area contributed by atoms with Crippen LogP contribution < -0.4 is 10.1 Å². The molecule has 0 bridgehead atoms. The van der Waals surface area contributed by atoms with Crippen LogP contribution in [0.3, 0.4) is 0 Å². The van der Waals surface area contributed by atoms with Crippen LogP contribution in [0.15, 0.2) is 47.5 Å². The van der Waals surface area contributed by atoms with E-state index in [1.165, 1.54) is 18.2 Å². The van der Waals surface area contributed by atoms with Gasteiger partial charge in [0.15, 0.2) is 5.96 Å². The van der Waals surface area contributed by atoms with Gasteiger partial charge in [-0.3, -0.25) is 4.99 Å². The van der Waals surface area contributed by atoms with Gasteiger partial charge in [0.25, 0.3) is 0 Å². The predicted octanol–water partition coefficient (Wildman–Crippen LogP) is 3.84. The number of aliphatic imine (C=N–C) groups is 1. The molecule has 0 saturated carbocycles. The summed E-state index contributed by atoms with van der Waals surface area (Å²) in [4.78, 5) is 6.16. The van der Waals surface area contributed by atoms with Crippen molar-refractivity contribution in [3.63, 3.8) is 0 Å².